The number of amides is 1. The second kappa shape index (κ2) is 10.5. The molecule has 5 nitrogen and oxygen atoms in total. The van der Waals surface area contributed by atoms with Crippen molar-refractivity contribution in [1.29, 1.82) is 0 Å². The van der Waals surface area contributed by atoms with Gasteiger partial charge in [-0.2, -0.15) is 4.31 Å². The minimum absolute atomic E-state index is 0.000377. The molecule has 0 atom stereocenters. The average molecular weight is 498 g/mol. The third-order valence-electron chi connectivity index (χ3n) is 4.44. The Kier molecular flexibility index (Phi) is 7.97. The number of sulfonamides is 1. The molecule has 0 aliphatic rings. The molecule has 1 amide bonds. The highest BCUT2D eigenvalue weighted by molar-refractivity contribution is 7.89. The molecule has 0 saturated heterocycles. The predicted molar refractivity (Wildman–Crippen MR) is 124 cm³/mol. The van der Waals surface area contributed by atoms with Crippen molar-refractivity contribution < 1.29 is 13.2 Å². The third kappa shape index (κ3) is 6.45. The predicted octanol–water partition coefficient (Wildman–Crippen LogP) is 5.15. The molecule has 0 radical (unpaired) electrons. The van der Waals surface area contributed by atoms with Crippen LogP contribution in [0.2, 0.25) is 15.1 Å². The van der Waals surface area contributed by atoms with Crippen LogP contribution in [0.3, 0.4) is 0 Å². The zero-order valence-corrected chi connectivity index (χ0v) is 19.3. The van der Waals surface area contributed by atoms with Crippen LogP contribution in [0.5, 0.6) is 0 Å². The summed E-state index contributed by atoms with van der Waals surface area (Å²) in [6.45, 7) is -0.138. The Morgan fingerprint density at radius 2 is 1.48 bits per heavy atom. The molecule has 0 unspecified atom stereocenters. The molecule has 0 heterocycles. The average Bonchev–Trinajstić information content (AvgIpc) is 2.75. The van der Waals surface area contributed by atoms with Crippen molar-refractivity contribution in [3.8, 4) is 0 Å². The molecule has 3 aromatic carbocycles. The minimum atomic E-state index is -4.10. The first-order chi connectivity index (χ1) is 14.8. The summed E-state index contributed by atoms with van der Waals surface area (Å²) < 4.78 is 27.8. The van der Waals surface area contributed by atoms with E-state index in [4.69, 9.17) is 34.8 Å². The monoisotopic (exact) mass is 496 g/mol. The lowest BCUT2D eigenvalue weighted by molar-refractivity contribution is -0.121. The molecule has 0 bridgehead atoms. The summed E-state index contributed by atoms with van der Waals surface area (Å²) in [7, 11) is -4.10. The normalized spacial score (nSPS) is 11.5. The zero-order valence-electron chi connectivity index (χ0n) is 16.3. The molecular weight excluding hydrogens is 479 g/mol. The van der Waals surface area contributed by atoms with Crippen molar-refractivity contribution in [2.45, 2.75) is 18.0 Å². The molecule has 0 aliphatic heterocycles. The lowest BCUT2D eigenvalue weighted by Crippen LogP contribution is -2.40. The summed E-state index contributed by atoms with van der Waals surface area (Å²) in [5, 5.41) is 3.59. The van der Waals surface area contributed by atoms with Crippen LogP contribution in [-0.4, -0.2) is 25.2 Å². The molecule has 0 aromatic heterocycles. The van der Waals surface area contributed by atoms with E-state index >= 15 is 0 Å². The maximum absolute atomic E-state index is 13.3. The van der Waals surface area contributed by atoms with E-state index in [9.17, 15) is 13.2 Å². The molecule has 1 N–H and O–H groups in total. The van der Waals surface area contributed by atoms with Crippen LogP contribution in [0.15, 0.2) is 77.7 Å². The second-order valence-electron chi connectivity index (χ2n) is 6.74. The number of halogens is 3. The van der Waals surface area contributed by atoms with Crippen LogP contribution < -0.4 is 5.32 Å². The third-order valence-corrected chi connectivity index (χ3v) is 7.20. The number of nitrogens with zero attached hydrogens (tertiary/aromatic N) is 1. The summed E-state index contributed by atoms with van der Waals surface area (Å²) in [6.07, 6.45) is 0. The molecule has 0 saturated carbocycles. The molecule has 31 heavy (non-hydrogen) atoms. The summed E-state index contributed by atoms with van der Waals surface area (Å²) in [5.41, 5.74) is 1.57. The van der Waals surface area contributed by atoms with Gasteiger partial charge >= 0.3 is 0 Å². The van der Waals surface area contributed by atoms with Crippen LogP contribution in [0.4, 0.5) is 0 Å². The van der Waals surface area contributed by atoms with Crippen molar-refractivity contribution in [2.75, 3.05) is 6.54 Å². The lowest BCUT2D eigenvalue weighted by atomic mass is 10.2. The summed E-state index contributed by atoms with van der Waals surface area (Å²) in [6, 6.07) is 20.2. The van der Waals surface area contributed by atoms with E-state index in [1.807, 2.05) is 6.07 Å². The Hall–Kier alpha value is -2.09. The Labute approximate surface area is 196 Å². The number of benzene rings is 3. The summed E-state index contributed by atoms with van der Waals surface area (Å²) >= 11 is 18.0. The van der Waals surface area contributed by atoms with Gasteiger partial charge in [0.15, 0.2) is 0 Å². The van der Waals surface area contributed by atoms with Gasteiger partial charge in [0.05, 0.1) is 11.6 Å². The molecule has 162 valence electrons. The maximum Gasteiger partial charge on any atom is 0.245 e. The molecule has 0 spiro atoms. The SMILES string of the molecule is O=C(CN(Cc1ccccc1)S(=O)(=O)c1cc(Cl)ccc1Cl)NCc1ccc(Cl)cc1. The highest BCUT2D eigenvalue weighted by Crippen LogP contribution is 2.28. The van der Waals surface area contributed by atoms with E-state index in [-0.39, 0.29) is 34.6 Å². The van der Waals surface area contributed by atoms with Gasteiger partial charge in [-0.3, -0.25) is 4.79 Å². The van der Waals surface area contributed by atoms with Gasteiger partial charge in [-0.05, 0) is 41.5 Å². The number of carbonyl (C=O) groups excluding carboxylic acids is 1. The molecule has 0 aliphatic carbocycles. The van der Waals surface area contributed by atoms with Crippen molar-refractivity contribution in [2.24, 2.45) is 0 Å². The number of carbonyl (C=O) groups is 1. The van der Waals surface area contributed by atoms with Crippen LogP contribution in [0.25, 0.3) is 0 Å². The maximum atomic E-state index is 13.3. The van der Waals surface area contributed by atoms with Gasteiger partial charge in [0.1, 0.15) is 4.90 Å². The number of hydrogen-bond acceptors (Lipinski definition) is 3. The highest BCUT2D eigenvalue weighted by Gasteiger charge is 2.29. The minimum Gasteiger partial charge on any atom is -0.351 e. The quantitative estimate of drug-likeness (QED) is 0.468. The fraction of sp³-hybridized carbons (Fsp3) is 0.136. The highest BCUT2D eigenvalue weighted by atomic mass is 35.5. The lowest BCUT2D eigenvalue weighted by Gasteiger charge is -2.22. The fourth-order valence-electron chi connectivity index (χ4n) is 2.85. The van der Waals surface area contributed by atoms with Gasteiger partial charge in [0.2, 0.25) is 15.9 Å². The van der Waals surface area contributed by atoms with Crippen molar-refractivity contribution in [3.05, 3.63) is 99.0 Å². The number of nitrogens with one attached hydrogen (secondary N) is 1. The number of rotatable bonds is 8. The van der Waals surface area contributed by atoms with Gasteiger partial charge in [0, 0.05) is 23.1 Å². The zero-order chi connectivity index (χ0) is 22.4. The van der Waals surface area contributed by atoms with Crippen LogP contribution in [-0.2, 0) is 27.9 Å². The van der Waals surface area contributed by atoms with E-state index < -0.39 is 15.9 Å². The van der Waals surface area contributed by atoms with Gasteiger partial charge in [-0.1, -0.05) is 77.3 Å². The topological polar surface area (TPSA) is 66.5 Å². The largest absolute Gasteiger partial charge is 0.351 e. The van der Waals surface area contributed by atoms with Gasteiger partial charge in [-0.15, -0.1) is 0 Å². The van der Waals surface area contributed by atoms with E-state index in [0.29, 0.717) is 5.02 Å². The Balaban J connectivity index is 1.82. The van der Waals surface area contributed by atoms with Crippen LogP contribution >= 0.6 is 34.8 Å². The summed E-state index contributed by atoms with van der Waals surface area (Å²) in [5.74, 6) is -0.451. The van der Waals surface area contributed by atoms with E-state index in [0.717, 1.165) is 15.4 Å². The van der Waals surface area contributed by atoms with Crippen LogP contribution in [0, 0.1) is 0 Å². The van der Waals surface area contributed by atoms with Crippen LogP contribution in [0.1, 0.15) is 11.1 Å². The van der Waals surface area contributed by atoms with E-state index in [2.05, 4.69) is 5.32 Å². The second-order valence-corrected chi connectivity index (χ2v) is 9.92. The van der Waals surface area contributed by atoms with Crippen molar-refractivity contribution >= 4 is 50.7 Å². The van der Waals surface area contributed by atoms with Gasteiger partial charge < -0.3 is 5.32 Å². The molecular formula is C22H19Cl3N2O3S. The fourth-order valence-corrected chi connectivity index (χ4v) is 5.09. The van der Waals surface area contributed by atoms with Crippen molar-refractivity contribution in [3.63, 3.8) is 0 Å². The van der Waals surface area contributed by atoms with E-state index in [1.165, 1.54) is 18.2 Å². The summed E-state index contributed by atoms with van der Waals surface area (Å²) in [4.78, 5) is 12.5. The van der Waals surface area contributed by atoms with E-state index in [1.54, 1.807) is 48.5 Å². The Morgan fingerprint density at radius 3 is 2.16 bits per heavy atom. The smallest absolute Gasteiger partial charge is 0.245 e. The molecule has 9 heteroatoms. The van der Waals surface area contributed by atoms with Gasteiger partial charge in [-0.25, -0.2) is 8.42 Å². The first-order valence-corrected chi connectivity index (χ1v) is 11.8. The van der Waals surface area contributed by atoms with Gasteiger partial charge in [0.25, 0.3) is 0 Å². The standard InChI is InChI=1S/C22H19Cl3N2O3S/c23-18-8-6-16(7-9-18)13-26-22(28)15-27(14-17-4-2-1-3-5-17)31(29,30)21-12-19(24)10-11-20(21)25/h1-12H,13-15H2,(H,26,28). The number of hydrogen-bond donors (Lipinski definition) is 1. The molecule has 0 fully saturated rings. The first-order valence-electron chi connectivity index (χ1n) is 9.26. The Morgan fingerprint density at radius 1 is 0.839 bits per heavy atom. The Bertz CT molecular complexity index is 1150. The van der Waals surface area contributed by atoms with Crippen molar-refractivity contribution in [1.82, 2.24) is 9.62 Å². The first kappa shape index (κ1) is 23.6. The molecule has 3 rings (SSSR count). The molecule has 3 aromatic rings.